The third-order valence-electron chi connectivity index (χ3n) is 4.01. The summed E-state index contributed by atoms with van der Waals surface area (Å²) in [7, 11) is -3.45. The molecule has 2 rings (SSSR count). The van der Waals surface area contributed by atoms with Gasteiger partial charge in [0, 0.05) is 6.54 Å². The van der Waals surface area contributed by atoms with E-state index < -0.39 is 10.0 Å². The first-order chi connectivity index (χ1) is 12.8. The van der Waals surface area contributed by atoms with Gasteiger partial charge >= 0.3 is 0 Å². The molecule has 7 heteroatoms. The summed E-state index contributed by atoms with van der Waals surface area (Å²) in [6.45, 7) is 4.45. The van der Waals surface area contributed by atoms with Gasteiger partial charge in [-0.3, -0.25) is 9.10 Å². The first-order valence-corrected chi connectivity index (χ1v) is 10.6. The predicted molar refractivity (Wildman–Crippen MR) is 108 cm³/mol. The minimum atomic E-state index is -3.45. The largest absolute Gasteiger partial charge is 0.493 e. The molecule has 2 aromatic rings. The Kier molecular flexibility index (Phi) is 7.24. The van der Waals surface area contributed by atoms with Gasteiger partial charge in [-0.25, -0.2) is 8.42 Å². The Balaban J connectivity index is 1.86. The van der Waals surface area contributed by atoms with Crippen LogP contribution in [0.1, 0.15) is 17.5 Å². The van der Waals surface area contributed by atoms with Crippen molar-refractivity contribution in [3.8, 4) is 5.75 Å². The number of para-hydroxylation sites is 1. The van der Waals surface area contributed by atoms with Crippen LogP contribution in [-0.2, 0) is 14.8 Å². The highest BCUT2D eigenvalue weighted by Crippen LogP contribution is 2.23. The number of benzene rings is 2. The van der Waals surface area contributed by atoms with Crippen LogP contribution < -0.4 is 14.4 Å². The second-order valence-electron chi connectivity index (χ2n) is 6.39. The summed E-state index contributed by atoms with van der Waals surface area (Å²) in [5, 5.41) is 2.75. The first-order valence-electron chi connectivity index (χ1n) is 8.77. The minimum absolute atomic E-state index is 0.175. The van der Waals surface area contributed by atoms with Crippen molar-refractivity contribution >= 4 is 21.6 Å². The van der Waals surface area contributed by atoms with E-state index in [0.717, 1.165) is 11.1 Å². The van der Waals surface area contributed by atoms with Crippen molar-refractivity contribution in [1.82, 2.24) is 5.32 Å². The van der Waals surface area contributed by atoms with E-state index in [1.54, 1.807) is 0 Å². The Bertz CT molecular complexity index is 867. The summed E-state index contributed by atoms with van der Waals surface area (Å²) in [6, 6.07) is 14.9. The quantitative estimate of drug-likeness (QED) is 0.714. The van der Waals surface area contributed by atoms with Crippen molar-refractivity contribution in [2.45, 2.75) is 20.3 Å². The summed E-state index contributed by atoms with van der Waals surface area (Å²) in [4.78, 5) is 12.0. The average Bonchev–Trinajstić information content (AvgIpc) is 2.61. The molecule has 1 N–H and O–H groups in total. The maximum atomic E-state index is 12.2. The standard InChI is InChI=1S/C20H26N2O4S/c1-16-9-10-17(2)19(15-16)22(27(3,24)25)13-12-21-20(23)11-14-26-18-7-5-4-6-8-18/h4-10,15H,11-14H2,1-3H3,(H,21,23). The van der Waals surface area contributed by atoms with E-state index in [2.05, 4.69) is 5.32 Å². The number of ether oxygens (including phenoxy) is 1. The van der Waals surface area contributed by atoms with E-state index in [4.69, 9.17) is 4.74 Å². The molecule has 1 amide bonds. The average molecular weight is 391 g/mol. The van der Waals surface area contributed by atoms with Gasteiger partial charge in [-0.2, -0.15) is 0 Å². The smallest absolute Gasteiger partial charge is 0.232 e. The Morgan fingerprint density at radius 1 is 1.11 bits per heavy atom. The second kappa shape index (κ2) is 9.41. The topological polar surface area (TPSA) is 75.7 Å². The Morgan fingerprint density at radius 2 is 1.81 bits per heavy atom. The summed E-state index contributed by atoms with van der Waals surface area (Å²) in [5.74, 6) is 0.531. The molecule has 0 saturated carbocycles. The van der Waals surface area contributed by atoms with E-state index in [-0.39, 0.29) is 32.0 Å². The molecule has 0 saturated heterocycles. The molecule has 0 radical (unpaired) electrons. The van der Waals surface area contributed by atoms with Crippen molar-refractivity contribution < 1.29 is 17.9 Å². The number of carbonyl (C=O) groups is 1. The van der Waals surface area contributed by atoms with E-state index >= 15 is 0 Å². The maximum Gasteiger partial charge on any atom is 0.232 e. The van der Waals surface area contributed by atoms with Crippen LogP contribution in [0.5, 0.6) is 5.75 Å². The molecule has 2 aromatic carbocycles. The van der Waals surface area contributed by atoms with Crippen LogP contribution >= 0.6 is 0 Å². The van der Waals surface area contributed by atoms with Gasteiger partial charge in [0.25, 0.3) is 0 Å². The number of nitrogens with one attached hydrogen (secondary N) is 1. The zero-order chi connectivity index (χ0) is 19.9. The highest BCUT2D eigenvalue weighted by atomic mass is 32.2. The lowest BCUT2D eigenvalue weighted by molar-refractivity contribution is -0.121. The zero-order valence-corrected chi connectivity index (χ0v) is 16.8. The molecule has 6 nitrogen and oxygen atoms in total. The molecule has 0 bridgehead atoms. The molecule has 0 aliphatic rings. The molecule has 0 unspecified atom stereocenters. The van der Waals surface area contributed by atoms with Gasteiger partial charge < -0.3 is 10.1 Å². The first kappa shape index (κ1) is 20.8. The van der Waals surface area contributed by atoms with Crippen molar-refractivity contribution in [3.63, 3.8) is 0 Å². The van der Waals surface area contributed by atoms with Gasteiger partial charge in [-0.05, 0) is 43.2 Å². The van der Waals surface area contributed by atoms with Gasteiger partial charge in [0.1, 0.15) is 5.75 Å². The fourth-order valence-corrected chi connectivity index (χ4v) is 3.59. The van der Waals surface area contributed by atoms with Crippen LogP contribution in [0.3, 0.4) is 0 Å². The second-order valence-corrected chi connectivity index (χ2v) is 8.29. The van der Waals surface area contributed by atoms with Gasteiger partial charge in [0.2, 0.25) is 15.9 Å². The zero-order valence-electron chi connectivity index (χ0n) is 15.9. The number of amides is 1. The molecule has 27 heavy (non-hydrogen) atoms. The monoisotopic (exact) mass is 390 g/mol. The van der Waals surface area contributed by atoms with E-state index in [1.807, 2.05) is 62.4 Å². The number of anilines is 1. The van der Waals surface area contributed by atoms with Gasteiger partial charge in [-0.1, -0.05) is 30.3 Å². The highest BCUT2D eigenvalue weighted by Gasteiger charge is 2.19. The fourth-order valence-electron chi connectivity index (χ4n) is 2.62. The van der Waals surface area contributed by atoms with Gasteiger partial charge in [0.05, 0.1) is 31.5 Å². The number of carbonyl (C=O) groups excluding carboxylic acids is 1. The van der Waals surface area contributed by atoms with E-state index in [1.165, 1.54) is 10.6 Å². The third-order valence-corrected chi connectivity index (χ3v) is 5.19. The van der Waals surface area contributed by atoms with Crippen molar-refractivity contribution in [1.29, 1.82) is 0 Å². The molecule has 0 spiro atoms. The van der Waals surface area contributed by atoms with Crippen LogP contribution in [0.25, 0.3) is 0 Å². The number of hydrogen-bond acceptors (Lipinski definition) is 4. The lowest BCUT2D eigenvalue weighted by Crippen LogP contribution is -2.38. The Hall–Kier alpha value is -2.54. The molecule has 0 atom stereocenters. The molecule has 0 aliphatic carbocycles. The summed E-state index contributed by atoms with van der Waals surface area (Å²) in [6.07, 6.45) is 1.38. The van der Waals surface area contributed by atoms with E-state index in [0.29, 0.717) is 11.4 Å². The number of sulfonamides is 1. The van der Waals surface area contributed by atoms with Crippen LogP contribution in [-0.4, -0.2) is 40.3 Å². The number of nitrogens with zero attached hydrogens (tertiary/aromatic N) is 1. The maximum absolute atomic E-state index is 12.2. The molecule has 0 aliphatic heterocycles. The predicted octanol–water partition coefficient (Wildman–Crippen LogP) is 2.65. The minimum Gasteiger partial charge on any atom is -0.493 e. The molecule has 0 heterocycles. The molecular formula is C20H26N2O4S. The van der Waals surface area contributed by atoms with Crippen molar-refractivity contribution in [3.05, 3.63) is 59.7 Å². The molecule has 0 fully saturated rings. The Labute approximate surface area is 161 Å². The summed E-state index contributed by atoms with van der Waals surface area (Å²) in [5.41, 5.74) is 2.49. The third kappa shape index (κ3) is 6.60. The van der Waals surface area contributed by atoms with Crippen LogP contribution in [0.15, 0.2) is 48.5 Å². The number of rotatable bonds is 9. The van der Waals surface area contributed by atoms with Gasteiger partial charge in [0.15, 0.2) is 0 Å². The number of aryl methyl sites for hydroxylation is 2. The Morgan fingerprint density at radius 3 is 2.48 bits per heavy atom. The molecule has 0 aromatic heterocycles. The molecular weight excluding hydrogens is 364 g/mol. The summed E-state index contributed by atoms with van der Waals surface area (Å²) >= 11 is 0. The normalized spacial score (nSPS) is 11.1. The summed E-state index contributed by atoms with van der Waals surface area (Å²) < 4.78 is 31.2. The van der Waals surface area contributed by atoms with Crippen LogP contribution in [0.4, 0.5) is 5.69 Å². The van der Waals surface area contributed by atoms with Crippen molar-refractivity contribution in [2.75, 3.05) is 30.3 Å². The van der Waals surface area contributed by atoms with E-state index in [9.17, 15) is 13.2 Å². The van der Waals surface area contributed by atoms with Crippen LogP contribution in [0.2, 0.25) is 0 Å². The lowest BCUT2D eigenvalue weighted by atomic mass is 10.1. The highest BCUT2D eigenvalue weighted by molar-refractivity contribution is 7.92. The van der Waals surface area contributed by atoms with Crippen LogP contribution in [0, 0.1) is 13.8 Å². The lowest BCUT2D eigenvalue weighted by Gasteiger charge is -2.24. The number of hydrogen-bond donors (Lipinski definition) is 1. The van der Waals surface area contributed by atoms with Gasteiger partial charge in [-0.15, -0.1) is 0 Å². The SMILES string of the molecule is Cc1ccc(C)c(N(CCNC(=O)CCOc2ccccc2)S(C)(=O)=O)c1. The van der Waals surface area contributed by atoms with Crippen molar-refractivity contribution in [2.24, 2.45) is 0 Å². The fraction of sp³-hybridized carbons (Fsp3) is 0.350. The molecule has 146 valence electrons.